The van der Waals surface area contributed by atoms with Crippen LogP contribution in [0.25, 0.3) is 0 Å². The average molecular weight is 341 g/mol. The Morgan fingerprint density at radius 2 is 2.22 bits per heavy atom. The summed E-state index contributed by atoms with van der Waals surface area (Å²) in [7, 11) is -1.65. The molecule has 0 saturated carbocycles. The molecule has 1 aliphatic rings. The minimum absolute atomic E-state index is 0.0476. The summed E-state index contributed by atoms with van der Waals surface area (Å²) in [5, 5.41) is 10.6. The maximum absolute atomic E-state index is 12.6. The third kappa shape index (κ3) is 4.25. The number of hydrogen-bond donors (Lipinski definition) is 0. The van der Waals surface area contributed by atoms with Crippen molar-refractivity contribution in [1.82, 2.24) is 9.88 Å². The highest BCUT2D eigenvalue weighted by Crippen LogP contribution is 2.26. The van der Waals surface area contributed by atoms with E-state index in [0.717, 1.165) is 0 Å². The Balaban J connectivity index is 2.09. The Bertz CT molecular complexity index is 644. The normalized spacial score (nSPS) is 19.4. The number of nitrogens with zero attached hydrogens (tertiary/aromatic N) is 3. The smallest absolute Gasteiger partial charge is 0.410 e. The zero-order valence-electron chi connectivity index (χ0n) is 13.2. The number of pyridine rings is 1. The van der Waals surface area contributed by atoms with Gasteiger partial charge in [-0.2, -0.15) is 0 Å². The largest absolute Gasteiger partial charge is 0.444 e. The van der Waals surface area contributed by atoms with Crippen LogP contribution in [0.3, 0.4) is 0 Å². The SMILES string of the molecule is CC(C)(C)OC(=O)N1CC[C@H]([S@](=O)c2ncccc2[N+](=O)[O-])C1. The van der Waals surface area contributed by atoms with Gasteiger partial charge in [0.1, 0.15) is 5.60 Å². The molecule has 0 spiro atoms. The molecule has 1 aromatic rings. The molecule has 9 heteroatoms. The second-order valence-corrected chi connectivity index (χ2v) is 7.87. The molecule has 0 aromatic carbocycles. The molecule has 126 valence electrons. The predicted molar refractivity (Wildman–Crippen MR) is 83.5 cm³/mol. The van der Waals surface area contributed by atoms with Gasteiger partial charge in [-0.1, -0.05) is 0 Å². The van der Waals surface area contributed by atoms with E-state index in [4.69, 9.17) is 4.74 Å². The first-order chi connectivity index (χ1) is 10.7. The first kappa shape index (κ1) is 17.3. The van der Waals surface area contributed by atoms with E-state index in [1.54, 1.807) is 20.8 Å². The molecule has 0 unspecified atom stereocenters. The van der Waals surface area contributed by atoms with E-state index in [1.165, 1.54) is 23.2 Å². The van der Waals surface area contributed by atoms with Crippen LogP contribution in [-0.4, -0.2) is 49.0 Å². The fourth-order valence-electron chi connectivity index (χ4n) is 2.23. The summed E-state index contributed by atoms with van der Waals surface area (Å²) in [4.78, 5) is 27.8. The van der Waals surface area contributed by atoms with E-state index in [1.807, 2.05) is 0 Å². The van der Waals surface area contributed by atoms with Gasteiger partial charge in [-0.05, 0) is 33.3 Å². The van der Waals surface area contributed by atoms with Gasteiger partial charge in [0.15, 0.2) is 0 Å². The molecular formula is C14H19N3O5S. The monoisotopic (exact) mass is 341 g/mol. The number of amides is 1. The fraction of sp³-hybridized carbons (Fsp3) is 0.571. The molecule has 1 aliphatic heterocycles. The summed E-state index contributed by atoms with van der Waals surface area (Å²) in [5.74, 6) is 0. The lowest BCUT2D eigenvalue weighted by atomic mass is 10.2. The number of likely N-dealkylation sites (tertiary alicyclic amines) is 1. The van der Waals surface area contributed by atoms with Gasteiger partial charge >= 0.3 is 11.8 Å². The molecule has 2 atom stereocenters. The van der Waals surface area contributed by atoms with Crippen molar-refractivity contribution in [3.05, 3.63) is 28.4 Å². The number of aromatic nitrogens is 1. The molecule has 1 aromatic heterocycles. The number of nitro groups is 1. The highest BCUT2D eigenvalue weighted by atomic mass is 32.2. The Kier molecular flexibility index (Phi) is 4.98. The van der Waals surface area contributed by atoms with Crippen LogP contribution < -0.4 is 0 Å². The topological polar surface area (TPSA) is 103 Å². The van der Waals surface area contributed by atoms with Crippen LogP contribution in [-0.2, 0) is 15.5 Å². The van der Waals surface area contributed by atoms with Gasteiger partial charge in [0.05, 0.1) is 21.0 Å². The Morgan fingerprint density at radius 3 is 2.83 bits per heavy atom. The number of ether oxygens (including phenoxy) is 1. The van der Waals surface area contributed by atoms with E-state index in [2.05, 4.69) is 4.98 Å². The predicted octanol–water partition coefficient (Wildman–Crippen LogP) is 2.11. The lowest BCUT2D eigenvalue weighted by Crippen LogP contribution is -2.36. The van der Waals surface area contributed by atoms with Crippen molar-refractivity contribution in [1.29, 1.82) is 0 Å². The van der Waals surface area contributed by atoms with Gasteiger partial charge in [0.2, 0.25) is 5.03 Å². The highest BCUT2D eigenvalue weighted by Gasteiger charge is 2.35. The van der Waals surface area contributed by atoms with E-state index in [-0.39, 0.29) is 17.3 Å². The maximum Gasteiger partial charge on any atom is 0.410 e. The summed E-state index contributed by atoms with van der Waals surface area (Å²) in [6.07, 6.45) is 1.40. The molecule has 1 saturated heterocycles. The fourth-order valence-corrected chi connectivity index (χ4v) is 3.69. The van der Waals surface area contributed by atoms with Crippen molar-refractivity contribution >= 4 is 22.6 Å². The van der Waals surface area contributed by atoms with Crippen molar-refractivity contribution in [2.75, 3.05) is 13.1 Å². The lowest BCUT2D eigenvalue weighted by Gasteiger charge is -2.24. The summed E-state index contributed by atoms with van der Waals surface area (Å²) >= 11 is 0. The van der Waals surface area contributed by atoms with Crippen molar-refractivity contribution < 1.29 is 18.7 Å². The zero-order valence-corrected chi connectivity index (χ0v) is 14.0. The number of hydrogen-bond acceptors (Lipinski definition) is 6. The summed E-state index contributed by atoms with van der Waals surface area (Å²) in [5.41, 5.74) is -0.866. The van der Waals surface area contributed by atoms with Gasteiger partial charge in [-0.3, -0.25) is 14.3 Å². The summed E-state index contributed by atoms with van der Waals surface area (Å²) in [6, 6.07) is 2.71. The van der Waals surface area contributed by atoms with Gasteiger partial charge in [0, 0.05) is 25.4 Å². The number of carbonyl (C=O) groups excluding carboxylic acids is 1. The van der Waals surface area contributed by atoms with E-state index < -0.39 is 32.7 Å². The van der Waals surface area contributed by atoms with Crippen molar-refractivity contribution in [2.24, 2.45) is 0 Å². The van der Waals surface area contributed by atoms with Crippen molar-refractivity contribution in [3.63, 3.8) is 0 Å². The van der Waals surface area contributed by atoms with Gasteiger partial charge < -0.3 is 9.64 Å². The molecule has 0 N–H and O–H groups in total. The molecule has 8 nitrogen and oxygen atoms in total. The van der Waals surface area contributed by atoms with Crippen LogP contribution in [0.2, 0.25) is 0 Å². The van der Waals surface area contributed by atoms with Crippen LogP contribution in [0.15, 0.2) is 23.4 Å². The quantitative estimate of drug-likeness (QED) is 0.616. The zero-order chi connectivity index (χ0) is 17.2. The van der Waals surface area contributed by atoms with Crippen LogP contribution >= 0.6 is 0 Å². The molecule has 2 rings (SSSR count). The van der Waals surface area contributed by atoms with Crippen LogP contribution in [0.4, 0.5) is 10.5 Å². The third-order valence-corrected chi connectivity index (χ3v) is 4.92. The van der Waals surface area contributed by atoms with Crippen LogP contribution in [0, 0.1) is 10.1 Å². The van der Waals surface area contributed by atoms with Crippen molar-refractivity contribution in [3.8, 4) is 0 Å². The average Bonchev–Trinajstić information content (AvgIpc) is 2.94. The molecule has 2 heterocycles. The molecule has 1 amide bonds. The Hall–Kier alpha value is -2.03. The molecule has 23 heavy (non-hydrogen) atoms. The second-order valence-electron chi connectivity index (χ2n) is 6.22. The number of rotatable bonds is 3. The first-order valence-electron chi connectivity index (χ1n) is 7.17. The number of carbonyl (C=O) groups is 1. The Labute approximate surface area is 136 Å². The molecule has 1 fully saturated rings. The summed E-state index contributed by atoms with van der Waals surface area (Å²) in [6.45, 7) is 5.96. The highest BCUT2D eigenvalue weighted by molar-refractivity contribution is 7.85. The molecule has 0 aliphatic carbocycles. The second kappa shape index (κ2) is 6.61. The van der Waals surface area contributed by atoms with Crippen LogP contribution in [0.5, 0.6) is 0 Å². The van der Waals surface area contributed by atoms with E-state index >= 15 is 0 Å². The van der Waals surface area contributed by atoms with Crippen molar-refractivity contribution in [2.45, 2.75) is 43.1 Å². The van der Waals surface area contributed by atoms with Crippen LogP contribution in [0.1, 0.15) is 27.2 Å². The van der Waals surface area contributed by atoms with E-state index in [9.17, 15) is 19.1 Å². The maximum atomic E-state index is 12.6. The van der Waals surface area contributed by atoms with Gasteiger partial charge in [0.25, 0.3) is 0 Å². The standard InChI is InChI=1S/C14H19N3O5S/c1-14(2,3)22-13(18)16-8-6-10(9-16)23(21)12-11(17(19)20)5-4-7-15-12/h4-5,7,10H,6,8-9H2,1-3H3/t10-,23-/m0/s1. The minimum Gasteiger partial charge on any atom is -0.444 e. The summed E-state index contributed by atoms with van der Waals surface area (Å²) < 4.78 is 17.9. The first-order valence-corrected chi connectivity index (χ1v) is 8.38. The molecule has 0 radical (unpaired) electrons. The van der Waals surface area contributed by atoms with Gasteiger partial charge in [-0.15, -0.1) is 0 Å². The minimum atomic E-state index is -1.65. The molecular weight excluding hydrogens is 322 g/mol. The molecule has 0 bridgehead atoms. The lowest BCUT2D eigenvalue weighted by molar-refractivity contribution is -0.388. The van der Waals surface area contributed by atoms with Gasteiger partial charge in [-0.25, -0.2) is 9.78 Å². The Morgan fingerprint density at radius 1 is 1.52 bits per heavy atom. The third-order valence-electron chi connectivity index (χ3n) is 3.24. The van der Waals surface area contributed by atoms with E-state index in [0.29, 0.717) is 13.0 Å².